The van der Waals surface area contributed by atoms with Gasteiger partial charge in [-0.25, -0.2) is 8.78 Å². The van der Waals surface area contributed by atoms with Gasteiger partial charge in [0.2, 0.25) is 0 Å². The monoisotopic (exact) mass is 269 g/mol. The Morgan fingerprint density at radius 1 is 1.17 bits per heavy atom. The second kappa shape index (κ2) is 4.72. The molecule has 1 unspecified atom stereocenters. The highest BCUT2D eigenvalue weighted by Gasteiger charge is 2.42. The summed E-state index contributed by atoms with van der Waals surface area (Å²) in [4.78, 5) is 0. The van der Waals surface area contributed by atoms with Crippen molar-refractivity contribution in [3.63, 3.8) is 0 Å². The van der Waals surface area contributed by atoms with Crippen molar-refractivity contribution in [2.75, 3.05) is 7.11 Å². The molecule has 1 aromatic rings. The number of nitrogens with two attached hydrogens (primary N) is 1. The minimum absolute atomic E-state index is 0.0730. The van der Waals surface area contributed by atoms with Crippen molar-refractivity contribution in [3.05, 3.63) is 29.3 Å². The Bertz CT molecular complexity index is 428. The summed E-state index contributed by atoms with van der Waals surface area (Å²) in [5.41, 5.74) is 1.02. The van der Waals surface area contributed by atoms with Crippen molar-refractivity contribution in [1.29, 1.82) is 0 Å². The van der Waals surface area contributed by atoms with Gasteiger partial charge in [0, 0.05) is 0 Å². The maximum atomic E-state index is 12.8. The Balaban J connectivity index is 3.45. The third-order valence-corrected chi connectivity index (χ3v) is 2.57. The molecule has 0 heterocycles. The number of hydrogen-bond donors (Lipinski definition) is 1. The molecule has 0 aromatic heterocycles. The van der Waals surface area contributed by atoms with E-state index in [4.69, 9.17) is 5.73 Å². The number of methoxy groups -OCH3 is 1. The van der Waals surface area contributed by atoms with Crippen LogP contribution in [0.5, 0.6) is 5.75 Å². The van der Waals surface area contributed by atoms with Crippen molar-refractivity contribution in [1.82, 2.24) is 0 Å². The quantitative estimate of drug-likeness (QED) is 0.855. The second-order valence-corrected chi connectivity index (χ2v) is 3.99. The first kappa shape index (κ1) is 14.7. The van der Waals surface area contributed by atoms with E-state index in [2.05, 4.69) is 4.74 Å². The number of hydrogen-bond acceptors (Lipinski definition) is 2. The summed E-state index contributed by atoms with van der Waals surface area (Å²) in [6.07, 6.45) is -7.90. The lowest BCUT2D eigenvalue weighted by Gasteiger charge is -2.27. The van der Waals surface area contributed by atoms with E-state index >= 15 is 0 Å². The Morgan fingerprint density at radius 2 is 1.72 bits per heavy atom. The summed E-state index contributed by atoms with van der Waals surface area (Å²) >= 11 is 0. The molecule has 102 valence electrons. The van der Waals surface area contributed by atoms with Gasteiger partial charge in [-0.1, -0.05) is 6.07 Å². The first-order valence-corrected chi connectivity index (χ1v) is 4.93. The van der Waals surface area contributed by atoms with E-state index in [1.54, 1.807) is 0 Å². The standard InChI is InChI=1S/C11H12F5NO/c1-10(17,9(12)13)7-4-3-6(18-2)5-8(7)11(14,15)16/h3-5,9H,17H2,1-2H3. The molecule has 18 heavy (non-hydrogen) atoms. The Morgan fingerprint density at radius 3 is 2.11 bits per heavy atom. The van der Waals surface area contributed by atoms with Crippen molar-refractivity contribution < 1.29 is 26.7 Å². The summed E-state index contributed by atoms with van der Waals surface area (Å²) in [7, 11) is 1.18. The fourth-order valence-electron chi connectivity index (χ4n) is 1.47. The second-order valence-electron chi connectivity index (χ2n) is 3.99. The summed E-state index contributed by atoms with van der Waals surface area (Å²) in [5.74, 6) is -0.0730. The van der Waals surface area contributed by atoms with Crippen molar-refractivity contribution >= 4 is 0 Å². The molecule has 7 heteroatoms. The topological polar surface area (TPSA) is 35.2 Å². The first-order valence-electron chi connectivity index (χ1n) is 4.93. The molecule has 0 saturated heterocycles. The molecule has 1 aromatic carbocycles. The molecule has 1 rings (SSSR count). The minimum Gasteiger partial charge on any atom is -0.497 e. The highest BCUT2D eigenvalue weighted by Crippen LogP contribution is 2.39. The van der Waals surface area contributed by atoms with Crippen molar-refractivity contribution in [2.45, 2.75) is 25.1 Å². The van der Waals surface area contributed by atoms with Gasteiger partial charge in [0.25, 0.3) is 6.43 Å². The molecule has 0 saturated carbocycles. The summed E-state index contributed by atoms with van der Waals surface area (Å²) < 4.78 is 68.5. The largest absolute Gasteiger partial charge is 0.497 e. The molecular formula is C11H12F5NO. The smallest absolute Gasteiger partial charge is 0.416 e. The fraction of sp³-hybridized carbons (Fsp3) is 0.455. The van der Waals surface area contributed by atoms with Gasteiger partial charge in [-0.15, -0.1) is 0 Å². The molecule has 0 fully saturated rings. The zero-order chi connectivity index (χ0) is 14.1. The average Bonchev–Trinajstić information content (AvgIpc) is 2.26. The number of alkyl halides is 5. The highest BCUT2D eigenvalue weighted by molar-refractivity contribution is 5.41. The van der Waals surface area contributed by atoms with E-state index in [0.717, 1.165) is 19.1 Å². The number of ether oxygens (including phenoxy) is 1. The zero-order valence-electron chi connectivity index (χ0n) is 9.68. The van der Waals surface area contributed by atoms with Gasteiger partial charge in [-0.2, -0.15) is 13.2 Å². The summed E-state index contributed by atoms with van der Waals surface area (Å²) in [5, 5.41) is 0. The molecular weight excluding hydrogens is 257 g/mol. The lowest BCUT2D eigenvalue weighted by molar-refractivity contribution is -0.139. The lowest BCUT2D eigenvalue weighted by atomic mass is 9.89. The van der Waals surface area contributed by atoms with Crippen LogP contribution in [-0.2, 0) is 11.7 Å². The van der Waals surface area contributed by atoms with Gasteiger partial charge < -0.3 is 10.5 Å². The van der Waals surface area contributed by atoms with E-state index in [1.165, 1.54) is 7.11 Å². The van der Waals surface area contributed by atoms with Gasteiger partial charge in [-0.3, -0.25) is 0 Å². The van der Waals surface area contributed by atoms with Crippen LogP contribution in [0.15, 0.2) is 18.2 Å². The molecule has 0 radical (unpaired) electrons. The third-order valence-electron chi connectivity index (χ3n) is 2.57. The normalized spacial score (nSPS) is 15.6. The van der Waals surface area contributed by atoms with E-state index in [-0.39, 0.29) is 5.75 Å². The fourth-order valence-corrected chi connectivity index (χ4v) is 1.47. The van der Waals surface area contributed by atoms with Crippen LogP contribution in [0.2, 0.25) is 0 Å². The molecule has 0 aliphatic carbocycles. The van der Waals surface area contributed by atoms with E-state index in [0.29, 0.717) is 6.07 Å². The summed E-state index contributed by atoms with van der Waals surface area (Å²) in [6.45, 7) is 0.856. The van der Waals surface area contributed by atoms with Crippen LogP contribution in [-0.4, -0.2) is 13.5 Å². The molecule has 0 spiro atoms. The lowest BCUT2D eigenvalue weighted by Crippen LogP contribution is -2.42. The van der Waals surface area contributed by atoms with Crippen LogP contribution in [0.25, 0.3) is 0 Å². The number of rotatable bonds is 3. The number of benzene rings is 1. The molecule has 0 aliphatic rings. The maximum Gasteiger partial charge on any atom is 0.416 e. The van der Waals surface area contributed by atoms with Gasteiger partial charge in [0.1, 0.15) is 11.3 Å². The van der Waals surface area contributed by atoms with Gasteiger partial charge in [0.15, 0.2) is 0 Å². The molecule has 2 N–H and O–H groups in total. The van der Waals surface area contributed by atoms with E-state index in [1.807, 2.05) is 0 Å². The van der Waals surface area contributed by atoms with E-state index < -0.39 is 29.3 Å². The van der Waals surface area contributed by atoms with Gasteiger partial charge in [-0.05, 0) is 24.6 Å². The van der Waals surface area contributed by atoms with Crippen LogP contribution in [0, 0.1) is 0 Å². The Labute approximate surface area is 101 Å². The van der Waals surface area contributed by atoms with Gasteiger partial charge >= 0.3 is 6.18 Å². The molecule has 0 aliphatic heterocycles. The Kier molecular flexibility index (Phi) is 3.85. The first-order chi connectivity index (χ1) is 8.10. The van der Waals surface area contributed by atoms with Crippen molar-refractivity contribution in [3.8, 4) is 5.75 Å². The average molecular weight is 269 g/mol. The van der Waals surface area contributed by atoms with Crippen LogP contribution in [0.1, 0.15) is 18.1 Å². The van der Waals surface area contributed by atoms with Crippen LogP contribution < -0.4 is 10.5 Å². The zero-order valence-corrected chi connectivity index (χ0v) is 9.68. The maximum absolute atomic E-state index is 12.8. The van der Waals surface area contributed by atoms with Crippen LogP contribution in [0.3, 0.4) is 0 Å². The van der Waals surface area contributed by atoms with Crippen LogP contribution in [0.4, 0.5) is 22.0 Å². The predicted molar refractivity (Wildman–Crippen MR) is 55.5 cm³/mol. The highest BCUT2D eigenvalue weighted by atomic mass is 19.4. The SMILES string of the molecule is COc1ccc(C(C)(N)C(F)F)c(C(F)(F)F)c1. The molecule has 0 bridgehead atoms. The van der Waals surface area contributed by atoms with Crippen molar-refractivity contribution in [2.24, 2.45) is 5.73 Å². The van der Waals surface area contributed by atoms with E-state index in [9.17, 15) is 22.0 Å². The minimum atomic E-state index is -4.78. The molecule has 1 atom stereocenters. The molecule has 0 amide bonds. The van der Waals surface area contributed by atoms with Gasteiger partial charge in [0.05, 0.1) is 12.7 Å². The third kappa shape index (κ3) is 2.72. The summed E-state index contributed by atoms with van der Waals surface area (Å²) in [6, 6.07) is 2.73. The molecule has 2 nitrogen and oxygen atoms in total. The number of halogens is 5. The predicted octanol–water partition coefficient (Wildman–Crippen LogP) is 3.15. The van der Waals surface area contributed by atoms with Crippen LogP contribution >= 0.6 is 0 Å². The Hall–Kier alpha value is -1.37.